The molecule has 0 aromatic heterocycles. The second kappa shape index (κ2) is 6.34. The van der Waals surface area contributed by atoms with E-state index in [1.165, 1.54) is 6.07 Å². The van der Waals surface area contributed by atoms with E-state index in [1.807, 2.05) is 0 Å². The third-order valence-electron chi connectivity index (χ3n) is 3.48. The summed E-state index contributed by atoms with van der Waals surface area (Å²) in [5.41, 5.74) is 0.876. The highest BCUT2D eigenvalue weighted by atomic mass is 79.9. The zero-order chi connectivity index (χ0) is 13.8. The number of nitrogens with one attached hydrogen (secondary N) is 1. The number of non-ortho nitro benzene ring substituents is 1. The van der Waals surface area contributed by atoms with Crippen molar-refractivity contribution in [3.8, 4) is 0 Å². The first kappa shape index (κ1) is 14.3. The third-order valence-corrected chi connectivity index (χ3v) is 4.17. The molecule has 0 heterocycles. The summed E-state index contributed by atoms with van der Waals surface area (Å²) in [6.07, 6.45) is 4.48. The maximum atomic E-state index is 10.8. The number of benzene rings is 1. The number of methoxy groups -OCH3 is 1. The predicted octanol–water partition coefficient (Wildman–Crippen LogP) is 3.73. The van der Waals surface area contributed by atoms with Gasteiger partial charge in [-0.1, -0.05) is 0 Å². The van der Waals surface area contributed by atoms with Gasteiger partial charge in [0, 0.05) is 29.8 Å². The summed E-state index contributed by atoms with van der Waals surface area (Å²) in [6.45, 7) is 0. The molecule has 0 saturated heterocycles. The van der Waals surface area contributed by atoms with Gasteiger partial charge in [0.05, 0.1) is 16.7 Å². The van der Waals surface area contributed by atoms with Crippen LogP contribution in [0.4, 0.5) is 11.4 Å². The molecule has 1 N–H and O–H groups in total. The Hall–Kier alpha value is -1.14. The van der Waals surface area contributed by atoms with E-state index >= 15 is 0 Å². The Morgan fingerprint density at radius 2 is 2.26 bits per heavy atom. The maximum absolute atomic E-state index is 10.8. The Morgan fingerprint density at radius 1 is 1.47 bits per heavy atom. The van der Waals surface area contributed by atoms with Gasteiger partial charge in [-0.25, -0.2) is 0 Å². The van der Waals surface area contributed by atoms with Gasteiger partial charge in [0.25, 0.3) is 5.69 Å². The van der Waals surface area contributed by atoms with Crippen molar-refractivity contribution in [2.45, 2.75) is 37.8 Å². The first-order chi connectivity index (χ1) is 9.10. The molecule has 1 aromatic carbocycles. The van der Waals surface area contributed by atoms with Gasteiger partial charge in [0.15, 0.2) is 0 Å². The molecule has 0 aliphatic heterocycles. The molecule has 1 fully saturated rings. The number of nitrogens with zero attached hydrogens (tertiary/aromatic N) is 1. The van der Waals surface area contributed by atoms with Crippen LogP contribution in [0.3, 0.4) is 0 Å². The number of hydrogen-bond acceptors (Lipinski definition) is 4. The Morgan fingerprint density at radius 3 is 2.95 bits per heavy atom. The molecule has 1 aliphatic carbocycles. The van der Waals surface area contributed by atoms with Gasteiger partial charge in [0.2, 0.25) is 0 Å². The quantitative estimate of drug-likeness (QED) is 0.675. The van der Waals surface area contributed by atoms with E-state index in [2.05, 4.69) is 21.2 Å². The highest BCUT2D eigenvalue weighted by molar-refractivity contribution is 9.10. The standard InChI is InChI=1S/C13H17BrN2O3/c1-19-11-4-2-3-9(7-11)15-13-8-10(16(17)18)5-6-12(13)14/h5-6,8-9,11,15H,2-4,7H2,1H3. The van der Waals surface area contributed by atoms with Gasteiger partial charge < -0.3 is 10.1 Å². The fraction of sp³-hybridized carbons (Fsp3) is 0.538. The number of rotatable bonds is 4. The molecule has 0 radical (unpaired) electrons. The molecule has 0 spiro atoms. The van der Waals surface area contributed by atoms with Gasteiger partial charge in [0.1, 0.15) is 0 Å². The predicted molar refractivity (Wildman–Crippen MR) is 77.5 cm³/mol. The summed E-state index contributed by atoms with van der Waals surface area (Å²) in [6, 6.07) is 5.07. The lowest BCUT2D eigenvalue weighted by atomic mass is 9.92. The minimum absolute atomic E-state index is 0.102. The van der Waals surface area contributed by atoms with Crippen LogP contribution in [-0.4, -0.2) is 24.2 Å². The molecule has 2 unspecified atom stereocenters. The molecule has 19 heavy (non-hydrogen) atoms. The first-order valence-corrected chi connectivity index (χ1v) is 7.12. The Kier molecular flexibility index (Phi) is 4.76. The van der Waals surface area contributed by atoms with Crippen molar-refractivity contribution in [2.24, 2.45) is 0 Å². The summed E-state index contributed by atoms with van der Waals surface area (Å²) >= 11 is 3.42. The van der Waals surface area contributed by atoms with Crippen molar-refractivity contribution < 1.29 is 9.66 Å². The van der Waals surface area contributed by atoms with E-state index in [0.29, 0.717) is 6.04 Å². The van der Waals surface area contributed by atoms with E-state index in [9.17, 15) is 10.1 Å². The van der Waals surface area contributed by atoms with Gasteiger partial charge in [-0.3, -0.25) is 10.1 Å². The average molecular weight is 329 g/mol. The van der Waals surface area contributed by atoms with E-state index in [-0.39, 0.29) is 16.7 Å². The van der Waals surface area contributed by atoms with Crippen molar-refractivity contribution >= 4 is 27.3 Å². The average Bonchev–Trinajstić information content (AvgIpc) is 2.41. The molecular formula is C13H17BrN2O3. The molecule has 1 aromatic rings. The lowest BCUT2D eigenvalue weighted by Gasteiger charge is -2.29. The lowest BCUT2D eigenvalue weighted by molar-refractivity contribution is -0.384. The van der Waals surface area contributed by atoms with Crippen LogP contribution in [0.15, 0.2) is 22.7 Å². The Balaban J connectivity index is 2.09. The number of nitro groups is 1. The van der Waals surface area contributed by atoms with E-state index in [0.717, 1.165) is 35.8 Å². The monoisotopic (exact) mass is 328 g/mol. The smallest absolute Gasteiger partial charge is 0.271 e. The van der Waals surface area contributed by atoms with Crippen LogP contribution in [0.5, 0.6) is 0 Å². The number of anilines is 1. The van der Waals surface area contributed by atoms with Gasteiger partial charge in [-0.05, 0) is 47.7 Å². The molecule has 1 saturated carbocycles. The molecule has 1 aliphatic rings. The van der Waals surface area contributed by atoms with E-state index in [4.69, 9.17) is 4.74 Å². The highest BCUT2D eigenvalue weighted by Gasteiger charge is 2.22. The van der Waals surface area contributed by atoms with Crippen LogP contribution in [0, 0.1) is 10.1 Å². The molecule has 5 nitrogen and oxygen atoms in total. The Bertz CT molecular complexity index is 467. The van der Waals surface area contributed by atoms with Crippen LogP contribution < -0.4 is 5.32 Å². The topological polar surface area (TPSA) is 64.4 Å². The van der Waals surface area contributed by atoms with Crippen LogP contribution in [0.25, 0.3) is 0 Å². The van der Waals surface area contributed by atoms with Gasteiger partial charge >= 0.3 is 0 Å². The van der Waals surface area contributed by atoms with Crippen molar-refractivity contribution in [3.05, 3.63) is 32.8 Å². The summed E-state index contributed by atoms with van der Waals surface area (Å²) in [5, 5.41) is 14.2. The molecule has 2 rings (SSSR count). The minimum Gasteiger partial charge on any atom is -0.381 e. The normalized spacial score (nSPS) is 23.1. The zero-order valence-electron chi connectivity index (χ0n) is 10.8. The summed E-state index contributed by atoms with van der Waals surface area (Å²) in [5.74, 6) is 0. The molecule has 6 heteroatoms. The zero-order valence-corrected chi connectivity index (χ0v) is 12.4. The van der Waals surface area contributed by atoms with Crippen molar-refractivity contribution in [1.82, 2.24) is 0 Å². The van der Waals surface area contributed by atoms with Gasteiger partial charge in [-0.15, -0.1) is 0 Å². The Labute approximate surface area is 120 Å². The van der Waals surface area contributed by atoms with Crippen molar-refractivity contribution in [1.29, 1.82) is 0 Å². The number of halogens is 1. The minimum atomic E-state index is -0.379. The van der Waals surface area contributed by atoms with Crippen LogP contribution in [0.2, 0.25) is 0 Å². The van der Waals surface area contributed by atoms with Crippen molar-refractivity contribution in [2.75, 3.05) is 12.4 Å². The van der Waals surface area contributed by atoms with Crippen LogP contribution >= 0.6 is 15.9 Å². The van der Waals surface area contributed by atoms with E-state index < -0.39 is 0 Å². The molecular weight excluding hydrogens is 312 g/mol. The molecule has 104 valence electrons. The maximum Gasteiger partial charge on any atom is 0.271 e. The summed E-state index contributed by atoms with van der Waals surface area (Å²) in [4.78, 5) is 10.4. The van der Waals surface area contributed by atoms with Crippen LogP contribution in [-0.2, 0) is 4.74 Å². The number of hydrogen-bond donors (Lipinski definition) is 1. The molecule has 0 amide bonds. The van der Waals surface area contributed by atoms with E-state index in [1.54, 1.807) is 19.2 Å². The van der Waals surface area contributed by atoms with Crippen LogP contribution in [0.1, 0.15) is 25.7 Å². The third kappa shape index (κ3) is 3.67. The molecule has 0 bridgehead atoms. The second-order valence-electron chi connectivity index (χ2n) is 4.79. The lowest BCUT2D eigenvalue weighted by Crippen LogP contribution is -2.31. The van der Waals surface area contributed by atoms with Gasteiger partial charge in [-0.2, -0.15) is 0 Å². The fourth-order valence-electron chi connectivity index (χ4n) is 2.45. The molecule has 2 atom stereocenters. The summed E-state index contributed by atoms with van der Waals surface area (Å²) in [7, 11) is 1.73. The fourth-order valence-corrected chi connectivity index (χ4v) is 2.81. The SMILES string of the molecule is COC1CCCC(Nc2cc([N+](=O)[O-])ccc2Br)C1. The highest BCUT2D eigenvalue weighted by Crippen LogP contribution is 2.30. The second-order valence-corrected chi connectivity index (χ2v) is 5.64. The summed E-state index contributed by atoms with van der Waals surface area (Å²) < 4.78 is 6.24. The first-order valence-electron chi connectivity index (χ1n) is 6.33. The number of nitro benzene ring substituents is 1. The number of ether oxygens (including phenoxy) is 1. The largest absolute Gasteiger partial charge is 0.381 e. The van der Waals surface area contributed by atoms with Crippen molar-refractivity contribution in [3.63, 3.8) is 0 Å².